The average Bonchev–Trinajstić information content (AvgIpc) is 3.25. The second-order valence-corrected chi connectivity index (χ2v) is 8.38. The number of nitrogen functional groups attached to an aromatic ring is 1. The summed E-state index contributed by atoms with van der Waals surface area (Å²) in [6, 6.07) is 18.3. The van der Waals surface area contributed by atoms with E-state index < -0.39 is 5.97 Å². The van der Waals surface area contributed by atoms with Crippen molar-refractivity contribution in [1.29, 1.82) is 5.41 Å². The van der Waals surface area contributed by atoms with E-state index in [1.807, 2.05) is 48.5 Å². The fourth-order valence-electron chi connectivity index (χ4n) is 4.25. The molecule has 0 aliphatic carbocycles. The van der Waals surface area contributed by atoms with Crippen molar-refractivity contribution in [3.05, 3.63) is 84.2 Å². The second-order valence-electron chi connectivity index (χ2n) is 8.38. The number of benzene rings is 2. The molecule has 2 atom stereocenters. The molecule has 2 heterocycles. The van der Waals surface area contributed by atoms with Crippen molar-refractivity contribution >= 4 is 17.7 Å². The van der Waals surface area contributed by atoms with Crippen LogP contribution >= 0.6 is 0 Å². The van der Waals surface area contributed by atoms with Gasteiger partial charge in [0.05, 0.1) is 11.6 Å². The fourth-order valence-corrected chi connectivity index (χ4v) is 4.25. The summed E-state index contributed by atoms with van der Waals surface area (Å²) in [4.78, 5) is 30.0. The predicted molar refractivity (Wildman–Crippen MR) is 128 cm³/mol. The van der Waals surface area contributed by atoms with E-state index in [4.69, 9.17) is 15.9 Å². The molecule has 0 radical (unpaired) electrons. The van der Waals surface area contributed by atoms with Crippen molar-refractivity contribution in [3.8, 4) is 16.9 Å². The number of amides is 1. The molecule has 1 aliphatic rings. The summed E-state index contributed by atoms with van der Waals surface area (Å²) < 4.78 is 6.00. The molecule has 1 fully saturated rings. The van der Waals surface area contributed by atoms with Gasteiger partial charge in [-0.25, -0.2) is 0 Å². The Labute approximate surface area is 197 Å². The van der Waals surface area contributed by atoms with Gasteiger partial charge in [-0.15, -0.1) is 0 Å². The van der Waals surface area contributed by atoms with Crippen LogP contribution in [0.1, 0.15) is 28.8 Å². The predicted octanol–water partition coefficient (Wildman–Crippen LogP) is 3.42. The number of ether oxygens (including phenoxy) is 1. The minimum absolute atomic E-state index is 0.0183. The monoisotopic (exact) mass is 458 g/mol. The van der Waals surface area contributed by atoms with Gasteiger partial charge in [0.15, 0.2) is 0 Å². The summed E-state index contributed by atoms with van der Waals surface area (Å²) >= 11 is 0. The summed E-state index contributed by atoms with van der Waals surface area (Å²) in [6.07, 6.45) is 3.71. The van der Waals surface area contributed by atoms with Crippen LogP contribution in [0, 0.1) is 11.3 Å². The van der Waals surface area contributed by atoms with Gasteiger partial charge in [-0.1, -0.05) is 36.4 Å². The Morgan fingerprint density at radius 2 is 1.74 bits per heavy atom. The number of carbonyl (C=O) groups is 2. The van der Waals surface area contributed by atoms with Crippen LogP contribution < -0.4 is 10.5 Å². The van der Waals surface area contributed by atoms with Gasteiger partial charge < -0.3 is 20.5 Å². The van der Waals surface area contributed by atoms with Crippen LogP contribution in [-0.2, 0) is 4.79 Å². The highest BCUT2D eigenvalue weighted by molar-refractivity contribution is 5.95. The summed E-state index contributed by atoms with van der Waals surface area (Å²) in [5, 5.41) is 16.7. The van der Waals surface area contributed by atoms with Crippen LogP contribution in [0.2, 0.25) is 0 Å². The molecule has 174 valence electrons. The highest BCUT2D eigenvalue weighted by atomic mass is 16.5. The third kappa shape index (κ3) is 5.40. The highest BCUT2D eigenvalue weighted by Gasteiger charge is 2.37. The number of aliphatic carboxylic acids is 1. The van der Waals surface area contributed by atoms with E-state index in [-0.39, 0.29) is 36.7 Å². The maximum absolute atomic E-state index is 13.0. The molecular formula is C26H26N4O4. The maximum atomic E-state index is 13.0. The lowest BCUT2D eigenvalue weighted by Crippen LogP contribution is -2.39. The maximum Gasteiger partial charge on any atom is 0.303 e. The number of carboxylic acids is 1. The molecule has 3 aromatic rings. The molecular weight excluding hydrogens is 432 g/mol. The van der Waals surface area contributed by atoms with Crippen molar-refractivity contribution < 1.29 is 19.4 Å². The quantitative estimate of drug-likeness (QED) is 0.350. The van der Waals surface area contributed by atoms with Crippen LogP contribution in [0.25, 0.3) is 11.1 Å². The van der Waals surface area contributed by atoms with E-state index >= 15 is 0 Å². The first-order chi connectivity index (χ1) is 16.4. The van der Waals surface area contributed by atoms with Crippen LogP contribution in [-0.4, -0.2) is 51.9 Å². The molecule has 4 N–H and O–H groups in total. The molecule has 34 heavy (non-hydrogen) atoms. The number of carbonyl (C=O) groups excluding carboxylic acids is 1. The van der Waals surface area contributed by atoms with Gasteiger partial charge in [0.1, 0.15) is 18.2 Å². The van der Waals surface area contributed by atoms with E-state index in [9.17, 15) is 14.7 Å². The standard InChI is InChI=1S/C26H26N4O4/c27-25(28)20-5-3-18(4-6-20)19-7-9-23(10-8-19)34-16-22-12-17(13-24(31)32)15-30(22)26(33)21-2-1-11-29-14-21/h1-11,14,17,22H,12-13,15-16H2,(H3,27,28)(H,31,32)/t17-,22-/m0/s1. The Kier molecular flexibility index (Phi) is 6.87. The van der Waals surface area contributed by atoms with E-state index in [0.29, 0.717) is 29.8 Å². The third-order valence-corrected chi connectivity index (χ3v) is 5.96. The number of amidine groups is 1. The lowest BCUT2D eigenvalue weighted by atomic mass is 10.0. The number of likely N-dealkylation sites (tertiary alicyclic amines) is 1. The summed E-state index contributed by atoms with van der Waals surface area (Å²) in [5.74, 6) is -0.457. The Bertz CT molecular complexity index is 1160. The highest BCUT2D eigenvalue weighted by Crippen LogP contribution is 2.29. The van der Waals surface area contributed by atoms with Gasteiger partial charge in [0.25, 0.3) is 5.91 Å². The van der Waals surface area contributed by atoms with Gasteiger partial charge in [0.2, 0.25) is 0 Å². The number of nitrogens with one attached hydrogen (secondary N) is 1. The molecule has 8 heteroatoms. The fraction of sp³-hybridized carbons (Fsp3) is 0.231. The molecule has 0 saturated carbocycles. The zero-order valence-corrected chi connectivity index (χ0v) is 18.6. The zero-order valence-electron chi connectivity index (χ0n) is 18.6. The van der Waals surface area contributed by atoms with E-state index in [2.05, 4.69) is 4.98 Å². The van der Waals surface area contributed by atoms with Gasteiger partial charge in [-0.05, 0) is 47.7 Å². The molecule has 1 amide bonds. The molecule has 0 unspecified atom stereocenters. The van der Waals surface area contributed by atoms with E-state index in [1.54, 1.807) is 23.2 Å². The van der Waals surface area contributed by atoms with Crippen molar-refractivity contribution in [1.82, 2.24) is 9.88 Å². The lowest BCUT2D eigenvalue weighted by molar-refractivity contribution is -0.138. The average molecular weight is 459 g/mol. The number of rotatable bonds is 8. The number of nitrogens with two attached hydrogens (primary N) is 1. The normalized spacial score (nSPS) is 17.4. The molecule has 1 aromatic heterocycles. The number of hydrogen-bond acceptors (Lipinski definition) is 5. The minimum Gasteiger partial charge on any atom is -0.491 e. The van der Waals surface area contributed by atoms with Crippen molar-refractivity contribution in [3.63, 3.8) is 0 Å². The molecule has 2 aromatic carbocycles. The Balaban J connectivity index is 1.43. The van der Waals surface area contributed by atoms with Gasteiger partial charge in [-0.2, -0.15) is 0 Å². The molecule has 0 spiro atoms. The summed E-state index contributed by atoms with van der Waals surface area (Å²) in [7, 11) is 0. The second kappa shape index (κ2) is 10.2. The van der Waals surface area contributed by atoms with Crippen LogP contribution in [0.4, 0.5) is 0 Å². The lowest BCUT2D eigenvalue weighted by Gasteiger charge is -2.25. The largest absolute Gasteiger partial charge is 0.491 e. The van der Waals surface area contributed by atoms with E-state index in [0.717, 1.165) is 11.1 Å². The number of nitrogens with zero attached hydrogens (tertiary/aromatic N) is 2. The Morgan fingerprint density at radius 1 is 1.06 bits per heavy atom. The SMILES string of the molecule is N=C(N)c1ccc(-c2ccc(OC[C@@H]3C[C@@H](CC(=O)O)CN3C(=O)c3cccnc3)cc2)cc1. The van der Waals surface area contributed by atoms with Gasteiger partial charge in [-0.3, -0.25) is 20.0 Å². The summed E-state index contributed by atoms with van der Waals surface area (Å²) in [6.45, 7) is 0.651. The zero-order chi connectivity index (χ0) is 24.1. The number of aromatic nitrogens is 1. The van der Waals surface area contributed by atoms with Crippen LogP contribution in [0.3, 0.4) is 0 Å². The van der Waals surface area contributed by atoms with Crippen molar-refractivity contribution in [2.45, 2.75) is 18.9 Å². The van der Waals surface area contributed by atoms with Crippen molar-refractivity contribution in [2.24, 2.45) is 11.7 Å². The third-order valence-electron chi connectivity index (χ3n) is 5.96. The smallest absolute Gasteiger partial charge is 0.303 e. The van der Waals surface area contributed by atoms with Crippen LogP contribution in [0.15, 0.2) is 73.1 Å². The summed E-state index contributed by atoms with van der Waals surface area (Å²) in [5.41, 5.74) is 8.66. The Hall–Kier alpha value is -4.20. The molecule has 8 nitrogen and oxygen atoms in total. The first-order valence-electron chi connectivity index (χ1n) is 11.0. The molecule has 4 rings (SSSR count). The number of pyridine rings is 1. The number of carboxylic acid groups (broad SMARTS) is 1. The first kappa shape index (κ1) is 23.0. The topological polar surface area (TPSA) is 130 Å². The molecule has 1 saturated heterocycles. The van der Waals surface area contributed by atoms with Gasteiger partial charge >= 0.3 is 5.97 Å². The van der Waals surface area contributed by atoms with Crippen LogP contribution in [0.5, 0.6) is 5.75 Å². The Morgan fingerprint density at radius 3 is 2.32 bits per heavy atom. The first-order valence-corrected chi connectivity index (χ1v) is 11.0. The number of hydrogen-bond donors (Lipinski definition) is 3. The minimum atomic E-state index is -0.868. The van der Waals surface area contributed by atoms with Gasteiger partial charge in [0, 0.05) is 30.9 Å². The molecule has 1 aliphatic heterocycles. The van der Waals surface area contributed by atoms with E-state index in [1.165, 1.54) is 6.20 Å². The molecule has 0 bridgehead atoms. The van der Waals surface area contributed by atoms with Crippen molar-refractivity contribution in [2.75, 3.05) is 13.2 Å².